The zero-order valence-electron chi connectivity index (χ0n) is 21.4. The highest BCUT2D eigenvalue weighted by Crippen LogP contribution is 2.32. The van der Waals surface area contributed by atoms with Gasteiger partial charge in [-0.15, -0.1) is 11.3 Å². The number of aromatic nitrogens is 2. The number of piperidine rings is 1. The molecule has 196 valence electrons. The summed E-state index contributed by atoms with van der Waals surface area (Å²) in [6, 6.07) is 15.5. The highest BCUT2D eigenvalue weighted by molar-refractivity contribution is 7.15. The number of nitrogens with one attached hydrogen (secondary N) is 2. The SMILES string of the molecule is CCNC1CCC(CNC(=O)c2cccc3cccnc23)N(C(=O)c2nc(C)sc2-c2cccc(F)c2)C1. The first-order chi connectivity index (χ1) is 18.4. The van der Waals surface area contributed by atoms with Crippen LogP contribution in [0.15, 0.2) is 60.8 Å². The quantitative estimate of drug-likeness (QED) is 0.357. The maximum Gasteiger partial charge on any atom is 0.274 e. The van der Waals surface area contributed by atoms with Crippen LogP contribution in [0, 0.1) is 12.7 Å². The van der Waals surface area contributed by atoms with Crippen molar-refractivity contribution >= 4 is 34.1 Å². The van der Waals surface area contributed by atoms with E-state index in [1.807, 2.05) is 43.0 Å². The molecule has 2 aromatic heterocycles. The zero-order valence-corrected chi connectivity index (χ0v) is 22.2. The van der Waals surface area contributed by atoms with Crippen LogP contribution >= 0.6 is 11.3 Å². The molecule has 5 rings (SSSR count). The molecule has 0 bridgehead atoms. The Morgan fingerprint density at radius 2 is 1.95 bits per heavy atom. The van der Waals surface area contributed by atoms with Crippen molar-refractivity contribution < 1.29 is 14.0 Å². The Bertz CT molecular complexity index is 1470. The van der Waals surface area contributed by atoms with E-state index < -0.39 is 0 Å². The summed E-state index contributed by atoms with van der Waals surface area (Å²) in [5.41, 5.74) is 2.11. The molecule has 1 fully saturated rings. The highest BCUT2D eigenvalue weighted by atomic mass is 32.1. The number of pyridine rings is 1. The molecular weight excluding hydrogens is 501 g/mol. The number of aryl methyl sites for hydroxylation is 1. The number of fused-ring (bicyclic) bond motifs is 1. The predicted molar refractivity (Wildman–Crippen MR) is 148 cm³/mol. The van der Waals surface area contributed by atoms with Crippen LogP contribution in [0.2, 0.25) is 0 Å². The van der Waals surface area contributed by atoms with E-state index in [0.717, 1.165) is 29.8 Å². The second-order valence-electron chi connectivity index (χ2n) is 9.45. The number of likely N-dealkylation sites (tertiary alicyclic amines) is 1. The Hall–Kier alpha value is -3.69. The van der Waals surface area contributed by atoms with Crippen LogP contribution < -0.4 is 10.6 Å². The monoisotopic (exact) mass is 531 g/mol. The molecule has 0 spiro atoms. The van der Waals surface area contributed by atoms with Gasteiger partial charge >= 0.3 is 0 Å². The van der Waals surface area contributed by atoms with Gasteiger partial charge in [0.25, 0.3) is 11.8 Å². The molecule has 1 aliphatic rings. The average molecular weight is 532 g/mol. The van der Waals surface area contributed by atoms with E-state index in [1.165, 1.54) is 23.5 Å². The van der Waals surface area contributed by atoms with E-state index in [2.05, 4.69) is 20.6 Å². The summed E-state index contributed by atoms with van der Waals surface area (Å²) in [6.45, 7) is 5.50. The van der Waals surface area contributed by atoms with E-state index in [1.54, 1.807) is 24.4 Å². The third kappa shape index (κ3) is 5.44. The standard InChI is InChI=1S/C29H30FN5O2S/c1-3-31-22-12-13-23(16-33-28(36)24-11-5-7-19-9-6-14-32-25(19)24)35(17-22)29(37)26-27(38-18(2)34-26)20-8-4-10-21(30)15-20/h4-11,14-15,22-23,31H,3,12-13,16-17H2,1-2H3,(H,33,36). The second kappa shape index (κ2) is 11.4. The van der Waals surface area contributed by atoms with E-state index in [-0.39, 0.29) is 29.7 Å². The van der Waals surface area contributed by atoms with Crippen molar-refractivity contribution in [3.05, 3.63) is 82.9 Å². The average Bonchev–Trinajstić information content (AvgIpc) is 3.33. The first-order valence-electron chi connectivity index (χ1n) is 12.8. The number of para-hydroxylation sites is 1. The zero-order chi connectivity index (χ0) is 26.6. The van der Waals surface area contributed by atoms with E-state index in [0.29, 0.717) is 40.3 Å². The first-order valence-corrected chi connectivity index (χ1v) is 13.7. The highest BCUT2D eigenvalue weighted by Gasteiger charge is 2.34. The van der Waals surface area contributed by atoms with Gasteiger partial charge in [0.2, 0.25) is 0 Å². The Morgan fingerprint density at radius 3 is 2.76 bits per heavy atom. The van der Waals surface area contributed by atoms with Crippen molar-refractivity contribution in [2.75, 3.05) is 19.6 Å². The van der Waals surface area contributed by atoms with Crippen LogP contribution in [0.5, 0.6) is 0 Å². The molecule has 2 aromatic carbocycles. The lowest BCUT2D eigenvalue weighted by Gasteiger charge is -2.40. The predicted octanol–water partition coefficient (Wildman–Crippen LogP) is 4.82. The van der Waals surface area contributed by atoms with Gasteiger partial charge in [-0.1, -0.05) is 37.3 Å². The Morgan fingerprint density at radius 1 is 1.13 bits per heavy atom. The van der Waals surface area contributed by atoms with Gasteiger partial charge in [0.15, 0.2) is 0 Å². The van der Waals surface area contributed by atoms with Crippen molar-refractivity contribution in [1.82, 2.24) is 25.5 Å². The number of hydrogen-bond acceptors (Lipinski definition) is 6. The Kier molecular flexibility index (Phi) is 7.76. The lowest BCUT2D eigenvalue weighted by Crippen LogP contribution is -2.56. The number of rotatable bonds is 7. The molecule has 0 aliphatic carbocycles. The molecule has 2 N–H and O–H groups in total. The minimum Gasteiger partial charge on any atom is -0.350 e. The lowest BCUT2D eigenvalue weighted by molar-refractivity contribution is 0.0554. The normalized spacial score (nSPS) is 17.5. The Labute approximate surface area is 225 Å². The fraction of sp³-hybridized carbons (Fsp3) is 0.310. The van der Waals surface area contributed by atoms with Crippen LogP contribution in [0.4, 0.5) is 4.39 Å². The van der Waals surface area contributed by atoms with Crippen molar-refractivity contribution in [3.8, 4) is 10.4 Å². The number of likely N-dealkylation sites (N-methyl/N-ethyl adjacent to an activating group) is 1. The van der Waals surface area contributed by atoms with Gasteiger partial charge in [-0.2, -0.15) is 0 Å². The van der Waals surface area contributed by atoms with Gasteiger partial charge in [0, 0.05) is 36.8 Å². The minimum atomic E-state index is -0.361. The molecule has 0 radical (unpaired) electrons. The molecule has 1 aliphatic heterocycles. The number of benzene rings is 2. The number of carbonyl (C=O) groups excluding carboxylic acids is 2. The van der Waals surface area contributed by atoms with Crippen LogP contribution in [0.1, 0.15) is 45.6 Å². The molecule has 4 aromatic rings. The van der Waals surface area contributed by atoms with Gasteiger partial charge in [-0.25, -0.2) is 9.37 Å². The smallest absolute Gasteiger partial charge is 0.274 e. The molecule has 2 amide bonds. The summed E-state index contributed by atoms with van der Waals surface area (Å²) in [5.74, 6) is -0.789. The topological polar surface area (TPSA) is 87.2 Å². The van der Waals surface area contributed by atoms with Crippen molar-refractivity contribution in [1.29, 1.82) is 0 Å². The van der Waals surface area contributed by atoms with Crippen LogP contribution in [-0.4, -0.2) is 58.4 Å². The third-order valence-corrected chi connectivity index (χ3v) is 7.88. The summed E-state index contributed by atoms with van der Waals surface area (Å²) < 4.78 is 14.0. The molecule has 2 atom stereocenters. The largest absolute Gasteiger partial charge is 0.350 e. The maximum absolute atomic E-state index is 14.0. The van der Waals surface area contributed by atoms with Gasteiger partial charge in [-0.05, 0) is 56.1 Å². The molecule has 1 saturated heterocycles. The third-order valence-electron chi connectivity index (χ3n) is 6.86. The second-order valence-corrected chi connectivity index (χ2v) is 10.7. The fourth-order valence-corrected chi connectivity index (χ4v) is 5.98. The van der Waals surface area contributed by atoms with Crippen molar-refractivity contribution in [2.24, 2.45) is 0 Å². The maximum atomic E-state index is 14.0. The summed E-state index contributed by atoms with van der Waals surface area (Å²) >= 11 is 1.38. The van der Waals surface area contributed by atoms with E-state index in [4.69, 9.17) is 0 Å². The number of amides is 2. The first kappa shape index (κ1) is 25.9. The summed E-state index contributed by atoms with van der Waals surface area (Å²) in [4.78, 5) is 38.6. The number of halogens is 1. The van der Waals surface area contributed by atoms with Crippen molar-refractivity contribution in [3.63, 3.8) is 0 Å². The summed E-state index contributed by atoms with van der Waals surface area (Å²) in [7, 11) is 0. The van der Waals surface area contributed by atoms with Gasteiger partial charge in [0.05, 0.1) is 21.0 Å². The molecular formula is C29H30FN5O2S. The molecule has 2 unspecified atom stereocenters. The minimum absolute atomic E-state index is 0.149. The summed E-state index contributed by atoms with van der Waals surface area (Å²) in [6.07, 6.45) is 3.30. The number of nitrogens with zero attached hydrogens (tertiary/aromatic N) is 3. The van der Waals surface area contributed by atoms with E-state index >= 15 is 0 Å². The van der Waals surface area contributed by atoms with E-state index in [9.17, 15) is 14.0 Å². The molecule has 9 heteroatoms. The number of carbonyl (C=O) groups is 2. The van der Waals surface area contributed by atoms with Crippen LogP contribution in [0.3, 0.4) is 0 Å². The van der Waals surface area contributed by atoms with Gasteiger partial charge in [-0.3, -0.25) is 14.6 Å². The molecule has 3 heterocycles. The molecule has 38 heavy (non-hydrogen) atoms. The number of hydrogen-bond donors (Lipinski definition) is 2. The lowest BCUT2D eigenvalue weighted by atomic mass is 9.97. The van der Waals surface area contributed by atoms with Crippen molar-refractivity contribution in [2.45, 2.75) is 38.8 Å². The Balaban J connectivity index is 1.40. The van der Waals surface area contributed by atoms with Gasteiger partial charge < -0.3 is 15.5 Å². The van der Waals surface area contributed by atoms with Crippen LogP contribution in [-0.2, 0) is 0 Å². The number of thiazole rings is 1. The molecule has 7 nitrogen and oxygen atoms in total. The molecule has 0 saturated carbocycles. The van der Waals surface area contributed by atoms with Crippen LogP contribution in [0.25, 0.3) is 21.3 Å². The fourth-order valence-electron chi connectivity index (χ4n) is 5.07. The summed E-state index contributed by atoms with van der Waals surface area (Å²) in [5, 5.41) is 8.13. The van der Waals surface area contributed by atoms with Gasteiger partial charge in [0.1, 0.15) is 11.5 Å².